The van der Waals surface area contributed by atoms with Crippen LogP contribution in [-0.2, 0) is 4.79 Å². The van der Waals surface area contributed by atoms with E-state index in [1.165, 1.54) is 13.2 Å². The van der Waals surface area contributed by atoms with Crippen molar-refractivity contribution in [2.45, 2.75) is 12.8 Å². The number of rotatable bonds is 7. The van der Waals surface area contributed by atoms with Gasteiger partial charge in [0, 0.05) is 24.2 Å². The summed E-state index contributed by atoms with van der Waals surface area (Å²) in [6.45, 7) is 0.748. The van der Waals surface area contributed by atoms with E-state index in [4.69, 9.17) is 27.5 Å². The van der Waals surface area contributed by atoms with Crippen molar-refractivity contribution < 1.29 is 19.1 Å². The molecule has 5 nitrogen and oxygen atoms in total. The molecule has 1 heterocycles. The third-order valence-corrected chi connectivity index (χ3v) is 4.78. The number of ether oxygens (including phenoxy) is 2. The van der Waals surface area contributed by atoms with Gasteiger partial charge >= 0.3 is 0 Å². The lowest BCUT2D eigenvalue weighted by Crippen LogP contribution is -2.23. The van der Waals surface area contributed by atoms with E-state index in [1.54, 1.807) is 41.3 Å². The molecule has 0 atom stereocenters. The molecule has 0 spiro atoms. The molecular formula is C23H20ClNO4. The number of terminal acetylenes is 1. The third kappa shape index (κ3) is 4.79. The lowest BCUT2D eigenvalue weighted by Gasteiger charge is -2.16. The van der Waals surface area contributed by atoms with Gasteiger partial charge in [-0.1, -0.05) is 35.7 Å². The minimum absolute atomic E-state index is 0.0691. The van der Waals surface area contributed by atoms with E-state index in [2.05, 4.69) is 5.92 Å². The normalized spacial score (nSPS) is 13.6. The van der Waals surface area contributed by atoms with Crippen LogP contribution in [0.15, 0.2) is 42.5 Å². The Balaban J connectivity index is 1.79. The van der Waals surface area contributed by atoms with E-state index in [1.807, 2.05) is 6.07 Å². The zero-order valence-electron chi connectivity index (χ0n) is 16.0. The van der Waals surface area contributed by atoms with Gasteiger partial charge in [-0.05, 0) is 42.3 Å². The van der Waals surface area contributed by atoms with E-state index in [9.17, 15) is 9.59 Å². The molecule has 0 aliphatic carbocycles. The van der Waals surface area contributed by atoms with E-state index in [-0.39, 0.29) is 18.3 Å². The number of ketones is 1. The van der Waals surface area contributed by atoms with Gasteiger partial charge < -0.3 is 14.4 Å². The number of nitrogens with zero attached hydrogens (tertiary/aromatic N) is 1. The van der Waals surface area contributed by atoms with Gasteiger partial charge in [0.1, 0.15) is 6.61 Å². The Morgan fingerprint density at radius 2 is 2.17 bits per heavy atom. The van der Waals surface area contributed by atoms with Crippen LogP contribution in [0.1, 0.15) is 28.8 Å². The quantitative estimate of drug-likeness (QED) is 0.387. The molecule has 148 valence electrons. The predicted molar refractivity (Wildman–Crippen MR) is 114 cm³/mol. The number of allylic oxidation sites excluding steroid dienone is 1. The smallest absolute Gasteiger partial charge is 0.227 e. The monoisotopic (exact) mass is 409 g/mol. The maximum Gasteiger partial charge on any atom is 0.227 e. The Morgan fingerprint density at radius 1 is 1.34 bits per heavy atom. The molecule has 6 heteroatoms. The van der Waals surface area contributed by atoms with Gasteiger partial charge in [0.15, 0.2) is 17.3 Å². The fraction of sp³-hybridized carbons (Fsp3) is 0.217. The van der Waals surface area contributed by atoms with Crippen molar-refractivity contribution >= 4 is 35.1 Å². The number of carbonyl (C=O) groups excluding carboxylic acids is 2. The van der Waals surface area contributed by atoms with Crippen LogP contribution in [0.3, 0.4) is 0 Å². The number of hydrogen-bond acceptors (Lipinski definition) is 4. The SMILES string of the molecule is C#CCOc1c(Cl)cc(/C=C/C(=O)c2cccc(N3CCCC3=O)c2)cc1OC. The third-order valence-electron chi connectivity index (χ3n) is 4.49. The molecule has 0 aromatic heterocycles. The number of amides is 1. The highest BCUT2D eigenvalue weighted by Crippen LogP contribution is 2.36. The molecule has 1 aliphatic rings. The summed E-state index contributed by atoms with van der Waals surface area (Å²) in [4.78, 5) is 26.3. The van der Waals surface area contributed by atoms with Crippen LogP contribution in [0.25, 0.3) is 6.08 Å². The molecule has 0 unspecified atom stereocenters. The highest BCUT2D eigenvalue weighted by atomic mass is 35.5. The number of anilines is 1. The van der Waals surface area contributed by atoms with Crippen LogP contribution in [0.5, 0.6) is 11.5 Å². The fourth-order valence-electron chi connectivity index (χ4n) is 3.11. The average Bonchev–Trinajstić information content (AvgIpc) is 3.16. The van der Waals surface area contributed by atoms with Gasteiger partial charge in [-0.25, -0.2) is 0 Å². The zero-order valence-corrected chi connectivity index (χ0v) is 16.7. The van der Waals surface area contributed by atoms with E-state index in [0.717, 1.165) is 12.1 Å². The Morgan fingerprint density at radius 3 is 2.86 bits per heavy atom. The first-order valence-corrected chi connectivity index (χ1v) is 9.48. The molecule has 0 saturated carbocycles. The summed E-state index contributed by atoms with van der Waals surface area (Å²) >= 11 is 6.26. The van der Waals surface area contributed by atoms with Crippen LogP contribution in [-0.4, -0.2) is 32.0 Å². The molecule has 29 heavy (non-hydrogen) atoms. The summed E-state index contributed by atoms with van der Waals surface area (Å²) < 4.78 is 10.7. The minimum atomic E-state index is -0.179. The maximum absolute atomic E-state index is 12.6. The van der Waals surface area contributed by atoms with Gasteiger partial charge in [0.2, 0.25) is 5.91 Å². The van der Waals surface area contributed by atoms with E-state index in [0.29, 0.717) is 40.6 Å². The molecular weight excluding hydrogens is 390 g/mol. The maximum atomic E-state index is 12.6. The van der Waals surface area contributed by atoms with Gasteiger partial charge in [-0.3, -0.25) is 9.59 Å². The molecule has 2 aromatic carbocycles. The molecule has 3 rings (SSSR count). The molecule has 0 bridgehead atoms. The van der Waals surface area contributed by atoms with Crippen molar-refractivity contribution in [1.82, 2.24) is 0 Å². The number of methoxy groups -OCH3 is 1. The van der Waals surface area contributed by atoms with Crippen molar-refractivity contribution in [2.75, 3.05) is 25.2 Å². The van der Waals surface area contributed by atoms with E-state index < -0.39 is 0 Å². The lowest BCUT2D eigenvalue weighted by atomic mass is 10.1. The minimum Gasteiger partial charge on any atom is -0.493 e. The highest BCUT2D eigenvalue weighted by molar-refractivity contribution is 6.32. The first-order valence-electron chi connectivity index (χ1n) is 9.10. The highest BCUT2D eigenvalue weighted by Gasteiger charge is 2.22. The van der Waals surface area contributed by atoms with Crippen molar-refractivity contribution in [1.29, 1.82) is 0 Å². The molecule has 1 fully saturated rings. The zero-order chi connectivity index (χ0) is 20.8. The average molecular weight is 410 g/mol. The van der Waals surface area contributed by atoms with Gasteiger partial charge in [-0.2, -0.15) is 0 Å². The van der Waals surface area contributed by atoms with Crippen molar-refractivity contribution in [3.63, 3.8) is 0 Å². The Bertz CT molecular complexity index is 1010. The molecule has 1 aliphatic heterocycles. The Kier molecular flexibility index (Phi) is 6.58. The summed E-state index contributed by atoms with van der Waals surface area (Å²) in [5.41, 5.74) is 1.93. The molecule has 0 N–H and O–H groups in total. The van der Waals surface area contributed by atoms with Crippen molar-refractivity contribution in [3.05, 3.63) is 58.6 Å². The van der Waals surface area contributed by atoms with Crippen LogP contribution in [0.4, 0.5) is 5.69 Å². The Hall–Kier alpha value is -3.23. The second-order valence-corrected chi connectivity index (χ2v) is 6.83. The van der Waals surface area contributed by atoms with Crippen LogP contribution < -0.4 is 14.4 Å². The standard InChI is InChI=1S/C23H20ClNO4/c1-3-12-29-23-19(24)13-16(14-21(23)28-2)9-10-20(26)17-6-4-7-18(15-17)25-11-5-8-22(25)27/h1,4,6-7,9-10,13-15H,5,8,11-12H2,2H3/b10-9+. The second-order valence-electron chi connectivity index (χ2n) is 6.42. The van der Waals surface area contributed by atoms with E-state index >= 15 is 0 Å². The van der Waals surface area contributed by atoms with Gasteiger partial charge in [0.25, 0.3) is 0 Å². The van der Waals surface area contributed by atoms with Crippen molar-refractivity contribution in [3.8, 4) is 23.8 Å². The van der Waals surface area contributed by atoms with Gasteiger partial charge in [-0.15, -0.1) is 6.42 Å². The first kappa shape index (κ1) is 20.5. The molecule has 2 aromatic rings. The summed E-state index contributed by atoms with van der Waals surface area (Å²) in [6, 6.07) is 10.4. The number of halogens is 1. The molecule has 0 radical (unpaired) electrons. The van der Waals surface area contributed by atoms with Gasteiger partial charge in [0.05, 0.1) is 12.1 Å². The van der Waals surface area contributed by atoms with Crippen molar-refractivity contribution in [2.24, 2.45) is 0 Å². The van der Waals surface area contributed by atoms with Crippen LogP contribution in [0.2, 0.25) is 5.02 Å². The summed E-state index contributed by atoms with van der Waals surface area (Å²) in [6.07, 6.45) is 9.69. The molecule has 1 amide bonds. The topological polar surface area (TPSA) is 55.8 Å². The number of hydrogen-bond donors (Lipinski definition) is 0. The first-order chi connectivity index (χ1) is 14.0. The number of benzene rings is 2. The Labute approximate surface area is 174 Å². The number of carbonyl (C=O) groups is 2. The summed E-state index contributed by atoms with van der Waals surface area (Å²) in [5.74, 6) is 3.06. The lowest BCUT2D eigenvalue weighted by molar-refractivity contribution is -0.117. The predicted octanol–water partition coefficient (Wildman–Crippen LogP) is 4.38. The summed E-state index contributed by atoms with van der Waals surface area (Å²) in [7, 11) is 1.50. The van der Waals surface area contributed by atoms with Crippen LogP contribution >= 0.6 is 11.6 Å². The molecule has 1 saturated heterocycles. The summed E-state index contributed by atoms with van der Waals surface area (Å²) in [5, 5.41) is 0.334. The largest absolute Gasteiger partial charge is 0.493 e. The second kappa shape index (κ2) is 9.31. The van der Waals surface area contributed by atoms with Crippen LogP contribution in [0, 0.1) is 12.3 Å². The fourth-order valence-corrected chi connectivity index (χ4v) is 3.38.